The number of ether oxygens (including phenoxy) is 1. The first-order valence-corrected chi connectivity index (χ1v) is 10.2. The highest BCUT2D eigenvalue weighted by atomic mass is 16.5. The summed E-state index contributed by atoms with van der Waals surface area (Å²) in [6.07, 6.45) is 6.80. The predicted octanol–water partition coefficient (Wildman–Crippen LogP) is 2.27. The quantitative estimate of drug-likeness (QED) is 0.913. The number of hydrogen-bond acceptors (Lipinski definition) is 4. The van der Waals surface area contributed by atoms with E-state index in [1.54, 1.807) is 0 Å². The molecule has 1 N–H and O–H groups in total. The molecular formula is C21H31N3O. The minimum absolute atomic E-state index is 0.706. The van der Waals surface area contributed by atoms with Gasteiger partial charge in [0.1, 0.15) is 5.75 Å². The number of nitrogens with zero attached hydrogens (tertiary/aromatic N) is 2. The van der Waals surface area contributed by atoms with Crippen LogP contribution in [0.1, 0.15) is 36.8 Å². The Labute approximate surface area is 151 Å². The van der Waals surface area contributed by atoms with E-state index in [2.05, 4.69) is 33.3 Å². The number of nitrogens with one attached hydrogen (secondary N) is 1. The molecule has 2 saturated heterocycles. The normalized spacial score (nSPS) is 27.0. The summed E-state index contributed by atoms with van der Waals surface area (Å²) in [5, 5.41) is 3.52. The molecule has 0 radical (unpaired) electrons. The van der Waals surface area contributed by atoms with Gasteiger partial charge in [-0.2, -0.15) is 0 Å². The van der Waals surface area contributed by atoms with E-state index in [-0.39, 0.29) is 0 Å². The highest BCUT2D eigenvalue weighted by molar-refractivity contribution is 5.40. The van der Waals surface area contributed by atoms with E-state index >= 15 is 0 Å². The molecule has 1 aliphatic carbocycles. The largest absolute Gasteiger partial charge is 0.493 e. The van der Waals surface area contributed by atoms with Crippen LogP contribution in [0, 0.1) is 5.41 Å². The summed E-state index contributed by atoms with van der Waals surface area (Å²) < 4.78 is 5.72. The highest BCUT2D eigenvalue weighted by Gasteiger charge is 2.46. The number of hydrogen-bond donors (Lipinski definition) is 1. The fraction of sp³-hybridized carbons (Fsp3) is 0.714. The van der Waals surface area contributed by atoms with Gasteiger partial charge in [-0.1, -0.05) is 12.1 Å². The maximum absolute atomic E-state index is 5.72. The molecule has 4 nitrogen and oxygen atoms in total. The maximum atomic E-state index is 5.72. The zero-order valence-corrected chi connectivity index (χ0v) is 15.3. The molecule has 0 aromatic heterocycles. The van der Waals surface area contributed by atoms with Gasteiger partial charge >= 0.3 is 0 Å². The van der Waals surface area contributed by atoms with Gasteiger partial charge in [-0.3, -0.25) is 9.80 Å². The summed E-state index contributed by atoms with van der Waals surface area (Å²) in [4.78, 5) is 5.39. The monoisotopic (exact) mass is 341 g/mol. The number of fused-ring (bicyclic) bond motifs is 1. The Morgan fingerprint density at radius 3 is 2.68 bits per heavy atom. The topological polar surface area (TPSA) is 27.7 Å². The standard InChI is InChI=1S/C21H31N3O/c1-2-18-3-12-25-20(18)13-17(1)16-23-8-10-24(11-9-23)19-14-21(15-19)4-6-22-7-5-21/h1-2,13,19,22H,3-12,14-16H2. The highest BCUT2D eigenvalue weighted by Crippen LogP contribution is 2.49. The Balaban J connectivity index is 1.11. The van der Waals surface area contributed by atoms with E-state index < -0.39 is 0 Å². The van der Waals surface area contributed by atoms with Crippen molar-refractivity contribution < 1.29 is 4.74 Å². The van der Waals surface area contributed by atoms with Gasteiger partial charge in [-0.05, 0) is 61.4 Å². The molecule has 3 heterocycles. The van der Waals surface area contributed by atoms with Crippen LogP contribution in [0.5, 0.6) is 5.75 Å². The van der Waals surface area contributed by atoms with Gasteiger partial charge in [0.25, 0.3) is 0 Å². The Morgan fingerprint density at radius 2 is 1.88 bits per heavy atom. The second kappa shape index (κ2) is 6.57. The molecule has 1 aromatic rings. The molecule has 136 valence electrons. The summed E-state index contributed by atoms with van der Waals surface area (Å²) in [6, 6.07) is 7.70. The van der Waals surface area contributed by atoms with Crippen LogP contribution in [-0.4, -0.2) is 61.7 Å². The molecule has 3 aliphatic heterocycles. The molecule has 0 unspecified atom stereocenters. The molecule has 4 aliphatic rings. The molecule has 1 aromatic carbocycles. The van der Waals surface area contributed by atoms with E-state index in [4.69, 9.17) is 4.74 Å². The number of piperidine rings is 1. The first-order chi connectivity index (χ1) is 12.3. The summed E-state index contributed by atoms with van der Waals surface area (Å²) >= 11 is 0. The van der Waals surface area contributed by atoms with Gasteiger partial charge in [-0.15, -0.1) is 0 Å². The Bertz CT molecular complexity index is 610. The minimum Gasteiger partial charge on any atom is -0.493 e. The third-order valence-corrected chi connectivity index (χ3v) is 7.09. The van der Waals surface area contributed by atoms with Crippen LogP contribution >= 0.6 is 0 Å². The van der Waals surface area contributed by atoms with Crippen LogP contribution < -0.4 is 10.1 Å². The van der Waals surface area contributed by atoms with Gasteiger partial charge in [0.2, 0.25) is 0 Å². The van der Waals surface area contributed by atoms with Gasteiger partial charge in [0.05, 0.1) is 6.61 Å². The van der Waals surface area contributed by atoms with E-state index in [1.165, 1.54) is 76.1 Å². The zero-order chi connectivity index (χ0) is 16.7. The fourth-order valence-electron chi connectivity index (χ4n) is 5.42. The SMILES string of the molecule is c1cc2c(cc1CN1CCN(C3CC4(CCNCC4)C3)CC1)OCC2. The van der Waals surface area contributed by atoms with Crippen LogP contribution in [0.4, 0.5) is 0 Å². The Kier molecular flexibility index (Phi) is 4.23. The fourth-order valence-corrected chi connectivity index (χ4v) is 5.42. The van der Waals surface area contributed by atoms with E-state index in [1.807, 2.05) is 0 Å². The summed E-state index contributed by atoms with van der Waals surface area (Å²) in [7, 11) is 0. The minimum atomic E-state index is 0.706. The molecule has 25 heavy (non-hydrogen) atoms. The Hall–Kier alpha value is -1.10. The molecule has 0 atom stereocenters. The molecular weight excluding hydrogens is 310 g/mol. The van der Waals surface area contributed by atoms with Crippen LogP contribution in [0.15, 0.2) is 18.2 Å². The molecule has 5 rings (SSSR count). The molecule has 4 heteroatoms. The van der Waals surface area contributed by atoms with Crippen molar-refractivity contribution in [3.8, 4) is 5.75 Å². The van der Waals surface area contributed by atoms with Crippen molar-refractivity contribution in [1.29, 1.82) is 0 Å². The van der Waals surface area contributed by atoms with Crippen molar-refractivity contribution in [3.63, 3.8) is 0 Å². The molecule has 3 fully saturated rings. The summed E-state index contributed by atoms with van der Waals surface area (Å²) in [6.45, 7) is 9.34. The third-order valence-electron chi connectivity index (χ3n) is 7.09. The molecule has 1 saturated carbocycles. The van der Waals surface area contributed by atoms with Gasteiger partial charge in [0.15, 0.2) is 0 Å². The van der Waals surface area contributed by atoms with Crippen LogP contribution in [0.25, 0.3) is 0 Å². The van der Waals surface area contributed by atoms with Crippen molar-refractivity contribution in [2.45, 2.75) is 44.7 Å². The van der Waals surface area contributed by atoms with Crippen molar-refractivity contribution >= 4 is 0 Å². The average molecular weight is 341 g/mol. The van der Waals surface area contributed by atoms with Gasteiger partial charge in [0, 0.05) is 45.2 Å². The van der Waals surface area contributed by atoms with Gasteiger partial charge < -0.3 is 10.1 Å². The van der Waals surface area contributed by atoms with E-state index in [0.29, 0.717) is 5.41 Å². The maximum Gasteiger partial charge on any atom is 0.122 e. The number of piperazine rings is 1. The third kappa shape index (κ3) is 3.20. The lowest BCUT2D eigenvalue weighted by Crippen LogP contribution is -2.58. The second-order valence-electron chi connectivity index (χ2n) is 8.66. The van der Waals surface area contributed by atoms with E-state index in [9.17, 15) is 0 Å². The lowest BCUT2D eigenvalue weighted by Gasteiger charge is -2.55. The number of benzene rings is 1. The Morgan fingerprint density at radius 1 is 1.08 bits per heavy atom. The number of rotatable bonds is 3. The molecule has 1 spiro atoms. The smallest absolute Gasteiger partial charge is 0.122 e. The lowest BCUT2D eigenvalue weighted by atomic mass is 9.60. The average Bonchev–Trinajstić information content (AvgIpc) is 3.09. The van der Waals surface area contributed by atoms with Crippen LogP contribution in [0.3, 0.4) is 0 Å². The van der Waals surface area contributed by atoms with Crippen molar-refractivity contribution in [3.05, 3.63) is 29.3 Å². The molecule has 0 amide bonds. The summed E-state index contributed by atoms with van der Waals surface area (Å²) in [5.41, 5.74) is 3.49. The van der Waals surface area contributed by atoms with Crippen LogP contribution in [0.2, 0.25) is 0 Å². The second-order valence-corrected chi connectivity index (χ2v) is 8.66. The summed E-state index contributed by atoms with van der Waals surface area (Å²) in [5.74, 6) is 1.12. The van der Waals surface area contributed by atoms with Gasteiger partial charge in [-0.25, -0.2) is 0 Å². The van der Waals surface area contributed by atoms with E-state index in [0.717, 1.165) is 31.4 Å². The predicted molar refractivity (Wildman–Crippen MR) is 100 cm³/mol. The first-order valence-electron chi connectivity index (χ1n) is 10.2. The van der Waals surface area contributed by atoms with Crippen LogP contribution in [-0.2, 0) is 13.0 Å². The lowest BCUT2D eigenvalue weighted by molar-refractivity contribution is -0.0386. The molecule has 0 bridgehead atoms. The first kappa shape index (κ1) is 16.1. The zero-order valence-electron chi connectivity index (χ0n) is 15.3. The van der Waals surface area contributed by atoms with Crippen molar-refractivity contribution in [2.24, 2.45) is 5.41 Å². The van der Waals surface area contributed by atoms with Crippen molar-refractivity contribution in [1.82, 2.24) is 15.1 Å². The van der Waals surface area contributed by atoms with Crippen molar-refractivity contribution in [2.75, 3.05) is 45.9 Å².